The molecule has 2 heteroatoms. The number of fused-ring (bicyclic) bond motifs is 1. The number of hydrogen-bond acceptors (Lipinski definition) is 1. The molecule has 1 aliphatic rings. The Hall–Kier alpha value is -3.26. The molecule has 0 aliphatic heterocycles. The van der Waals surface area contributed by atoms with Crippen LogP contribution in [0.25, 0.3) is 65.6 Å². The van der Waals surface area contributed by atoms with Crippen molar-refractivity contribution in [2.75, 3.05) is 0 Å². The van der Waals surface area contributed by atoms with Crippen LogP contribution in [0.4, 0.5) is 0 Å². The first-order chi connectivity index (χ1) is 11.9. The topological polar surface area (TPSA) is 28.9 Å². The van der Waals surface area contributed by atoms with Gasteiger partial charge in [-0.15, -0.1) is 0 Å². The molecular formula is C22H11NO. The van der Waals surface area contributed by atoms with Crippen molar-refractivity contribution in [3.8, 4) is 11.1 Å². The summed E-state index contributed by atoms with van der Waals surface area (Å²) in [5.41, 5.74) is 6.88. The van der Waals surface area contributed by atoms with Gasteiger partial charge in [-0.25, -0.2) is 0 Å². The largest absolute Gasteiger partial charge is 0.456 e. The van der Waals surface area contributed by atoms with Gasteiger partial charge in [-0.05, 0) is 46.2 Å². The molecule has 0 saturated heterocycles. The van der Waals surface area contributed by atoms with Gasteiger partial charge < -0.3 is 9.40 Å². The van der Waals surface area contributed by atoms with Gasteiger partial charge in [0.25, 0.3) is 0 Å². The summed E-state index contributed by atoms with van der Waals surface area (Å²) in [6.07, 6.45) is 0. The Morgan fingerprint density at radius 3 is 2.17 bits per heavy atom. The van der Waals surface area contributed by atoms with E-state index in [4.69, 9.17) is 4.42 Å². The molecule has 1 N–H and O–H groups in total. The van der Waals surface area contributed by atoms with Gasteiger partial charge >= 0.3 is 0 Å². The molecule has 2 heterocycles. The van der Waals surface area contributed by atoms with Crippen LogP contribution in [0.1, 0.15) is 0 Å². The quantitative estimate of drug-likeness (QED) is 0.347. The Morgan fingerprint density at radius 1 is 0.542 bits per heavy atom. The smallest absolute Gasteiger partial charge is 0.136 e. The van der Waals surface area contributed by atoms with E-state index in [2.05, 4.69) is 65.6 Å². The first-order valence-corrected chi connectivity index (χ1v) is 8.22. The predicted octanol–water partition coefficient (Wildman–Crippen LogP) is 6.35. The summed E-state index contributed by atoms with van der Waals surface area (Å²) in [7, 11) is 0. The normalized spacial score (nSPS) is 13.0. The first-order valence-electron chi connectivity index (χ1n) is 8.22. The zero-order valence-corrected chi connectivity index (χ0v) is 12.7. The molecule has 0 radical (unpaired) electrons. The van der Waals surface area contributed by atoms with Crippen molar-refractivity contribution in [1.82, 2.24) is 4.98 Å². The number of benzene rings is 4. The van der Waals surface area contributed by atoms with Gasteiger partial charge in [0.05, 0.1) is 0 Å². The van der Waals surface area contributed by atoms with Crippen molar-refractivity contribution < 1.29 is 4.42 Å². The Bertz CT molecular complexity index is 1500. The third-order valence-corrected chi connectivity index (χ3v) is 5.52. The number of nitrogens with one attached hydrogen (secondary N) is 1. The minimum absolute atomic E-state index is 0.967. The summed E-state index contributed by atoms with van der Waals surface area (Å²) in [6, 6.07) is 21.6. The van der Waals surface area contributed by atoms with Gasteiger partial charge in [0.2, 0.25) is 0 Å². The lowest BCUT2D eigenvalue weighted by atomic mass is 9.95. The lowest BCUT2D eigenvalue weighted by Gasteiger charge is -2.08. The lowest BCUT2D eigenvalue weighted by molar-refractivity contribution is 0.669. The van der Waals surface area contributed by atoms with Crippen molar-refractivity contribution in [2.45, 2.75) is 0 Å². The Morgan fingerprint density at radius 2 is 1.25 bits per heavy atom. The summed E-state index contributed by atoms with van der Waals surface area (Å²) in [5, 5.41) is 7.73. The highest BCUT2D eigenvalue weighted by Crippen LogP contribution is 2.48. The van der Waals surface area contributed by atoms with E-state index < -0.39 is 0 Å². The fraction of sp³-hybridized carbons (Fsp3) is 0. The third-order valence-electron chi connectivity index (χ3n) is 5.52. The molecule has 0 spiro atoms. The van der Waals surface area contributed by atoms with Gasteiger partial charge in [-0.2, -0.15) is 0 Å². The molecule has 6 aromatic rings. The maximum atomic E-state index is 6.17. The van der Waals surface area contributed by atoms with E-state index in [1.807, 2.05) is 0 Å². The van der Waals surface area contributed by atoms with Crippen LogP contribution >= 0.6 is 0 Å². The number of aromatic nitrogens is 1. The van der Waals surface area contributed by atoms with Crippen molar-refractivity contribution in [3.63, 3.8) is 0 Å². The number of rotatable bonds is 0. The van der Waals surface area contributed by atoms with Gasteiger partial charge in [0, 0.05) is 32.6 Å². The molecule has 0 unspecified atom stereocenters. The Kier molecular flexibility index (Phi) is 1.63. The van der Waals surface area contributed by atoms with E-state index in [0.717, 1.165) is 11.2 Å². The van der Waals surface area contributed by atoms with Gasteiger partial charge in [0.15, 0.2) is 0 Å². The summed E-state index contributed by atoms with van der Waals surface area (Å²) >= 11 is 0. The molecule has 0 saturated carbocycles. The highest BCUT2D eigenvalue weighted by atomic mass is 16.3. The van der Waals surface area contributed by atoms with Crippen LogP contribution in [0.2, 0.25) is 0 Å². The van der Waals surface area contributed by atoms with Gasteiger partial charge in [-0.1, -0.05) is 36.4 Å². The predicted molar refractivity (Wildman–Crippen MR) is 99.6 cm³/mol. The molecule has 0 bridgehead atoms. The highest BCUT2D eigenvalue weighted by molar-refractivity contribution is 6.37. The van der Waals surface area contributed by atoms with E-state index in [1.165, 1.54) is 54.5 Å². The molecule has 7 rings (SSSR count). The summed E-state index contributed by atoms with van der Waals surface area (Å²) in [5.74, 6) is 0. The van der Waals surface area contributed by atoms with Crippen LogP contribution in [-0.4, -0.2) is 4.98 Å². The summed E-state index contributed by atoms with van der Waals surface area (Å²) < 4.78 is 6.17. The SMILES string of the molecule is c1cc2c3c(c1)ccc1[nH]c4ccc5oc6cccc-2c6c5c4c13. The van der Waals surface area contributed by atoms with E-state index >= 15 is 0 Å². The average Bonchev–Trinajstić information content (AvgIpc) is 3.14. The zero-order valence-electron chi connectivity index (χ0n) is 12.7. The number of aromatic amines is 1. The molecule has 4 aromatic carbocycles. The second kappa shape index (κ2) is 3.46. The second-order valence-electron chi connectivity index (χ2n) is 6.66. The van der Waals surface area contributed by atoms with Crippen molar-refractivity contribution in [2.24, 2.45) is 0 Å². The molecule has 2 nitrogen and oxygen atoms in total. The van der Waals surface area contributed by atoms with Crippen LogP contribution in [0.15, 0.2) is 65.1 Å². The fourth-order valence-electron chi connectivity index (χ4n) is 4.61. The average molecular weight is 305 g/mol. The molecule has 0 amide bonds. The molecule has 0 atom stereocenters. The molecule has 110 valence electrons. The van der Waals surface area contributed by atoms with Crippen molar-refractivity contribution in [1.29, 1.82) is 0 Å². The van der Waals surface area contributed by atoms with E-state index in [-0.39, 0.29) is 0 Å². The Labute approximate surface area is 136 Å². The van der Waals surface area contributed by atoms with Gasteiger partial charge in [0.1, 0.15) is 11.2 Å². The maximum Gasteiger partial charge on any atom is 0.136 e. The maximum absolute atomic E-state index is 6.17. The fourth-order valence-corrected chi connectivity index (χ4v) is 4.61. The zero-order chi connectivity index (χ0) is 15.4. The monoisotopic (exact) mass is 305 g/mol. The van der Waals surface area contributed by atoms with Crippen molar-refractivity contribution in [3.05, 3.63) is 60.7 Å². The summed E-state index contributed by atoms with van der Waals surface area (Å²) in [6.45, 7) is 0. The van der Waals surface area contributed by atoms with E-state index in [0.29, 0.717) is 0 Å². The van der Waals surface area contributed by atoms with Crippen molar-refractivity contribution >= 4 is 54.5 Å². The molecule has 24 heavy (non-hydrogen) atoms. The molecule has 1 aliphatic carbocycles. The first kappa shape index (κ1) is 11.3. The van der Waals surface area contributed by atoms with E-state index in [9.17, 15) is 0 Å². The van der Waals surface area contributed by atoms with Crippen LogP contribution in [0.5, 0.6) is 0 Å². The van der Waals surface area contributed by atoms with Gasteiger partial charge in [-0.3, -0.25) is 0 Å². The van der Waals surface area contributed by atoms with Crippen LogP contribution in [-0.2, 0) is 0 Å². The standard InChI is InChI=1S/C22H11NO/c1-3-11-7-8-14-20-18(11)12(4-1)13-5-2-6-16-19(13)22-17(24-16)10-9-15(23-14)21(20)22/h1-10,23H. The van der Waals surface area contributed by atoms with Crippen LogP contribution in [0.3, 0.4) is 0 Å². The minimum Gasteiger partial charge on any atom is -0.456 e. The second-order valence-corrected chi connectivity index (χ2v) is 6.66. The highest BCUT2D eigenvalue weighted by Gasteiger charge is 2.23. The molecule has 0 fully saturated rings. The number of furan rings is 1. The Balaban J connectivity index is 2.06. The molecular weight excluding hydrogens is 294 g/mol. The lowest BCUT2D eigenvalue weighted by Crippen LogP contribution is -1.82. The van der Waals surface area contributed by atoms with Crippen LogP contribution < -0.4 is 0 Å². The third kappa shape index (κ3) is 1.06. The van der Waals surface area contributed by atoms with E-state index in [1.54, 1.807) is 0 Å². The number of hydrogen-bond donors (Lipinski definition) is 1. The molecule has 2 aromatic heterocycles. The minimum atomic E-state index is 0.967. The summed E-state index contributed by atoms with van der Waals surface area (Å²) in [4.78, 5) is 3.60. The van der Waals surface area contributed by atoms with Crippen LogP contribution in [0, 0.1) is 0 Å². The number of H-pyrrole nitrogens is 1.